The Kier molecular flexibility index (Phi) is 6.25. The zero-order chi connectivity index (χ0) is 15.8. The second kappa shape index (κ2) is 8.41. The highest BCUT2D eigenvalue weighted by Gasteiger charge is 2.18. The van der Waals surface area contributed by atoms with Crippen molar-refractivity contribution >= 4 is 11.8 Å². The van der Waals surface area contributed by atoms with Gasteiger partial charge >= 0.3 is 0 Å². The molecule has 22 heavy (non-hydrogen) atoms. The Bertz CT molecular complexity index is 516. The molecule has 0 bridgehead atoms. The number of rotatable bonds is 6. The van der Waals surface area contributed by atoms with Gasteiger partial charge in [0.05, 0.1) is 13.1 Å². The normalized spacial score (nSPS) is 15.3. The van der Waals surface area contributed by atoms with E-state index in [2.05, 4.69) is 5.32 Å². The molecule has 0 saturated carbocycles. The van der Waals surface area contributed by atoms with Gasteiger partial charge in [-0.3, -0.25) is 9.59 Å². The summed E-state index contributed by atoms with van der Waals surface area (Å²) in [6.45, 7) is 3.71. The number of hydrogen-bond acceptors (Lipinski definition) is 3. The smallest absolute Gasteiger partial charge is 0.239 e. The average Bonchev–Trinajstić information content (AvgIpc) is 2.69. The molecule has 120 valence electrons. The molecule has 5 heteroatoms. The first-order valence-corrected chi connectivity index (χ1v) is 7.89. The quantitative estimate of drug-likeness (QED) is 0.817. The number of hydrogen-bond donors (Lipinski definition) is 1. The summed E-state index contributed by atoms with van der Waals surface area (Å²) >= 11 is 0. The largest absolute Gasteiger partial charge is 0.492 e. The third kappa shape index (κ3) is 5.39. The van der Waals surface area contributed by atoms with E-state index < -0.39 is 0 Å². The number of benzene rings is 1. The van der Waals surface area contributed by atoms with Crippen LogP contribution in [0.25, 0.3) is 0 Å². The van der Waals surface area contributed by atoms with E-state index >= 15 is 0 Å². The molecule has 1 N–H and O–H groups in total. The fourth-order valence-electron chi connectivity index (χ4n) is 2.50. The molecular formula is C17H24N2O3. The lowest BCUT2D eigenvalue weighted by Crippen LogP contribution is -2.41. The summed E-state index contributed by atoms with van der Waals surface area (Å²) in [6, 6.07) is 7.80. The Morgan fingerprint density at radius 3 is 3.00 bits per heavy atom. The van der Waals surface area contributed by atoms with E-state index in [-0.39, 0.29) is 18.4 Å². The van der Waals surface area contributed by atoms with Crippen molar-refractivity contribution in [2.75, 3.05) is 26.2 Å². The molecule has 0 atom stereocenters. The van der Waals surface area contributed by atoms with Crippen molar-refractivity contribution in [2.24, 2.45) is 0 Å². The van der Waals surface area contributed by atoms with Crippen molar-refractivity contribution in [2.45, 2.75) is 32.6 Å². The summed E-state index contributed by atoms with van der Waals surface area (Å²) in [5.41, 5.74) is 1.14. The molecule has 0 aromatic heterocycles. The second-order valence-electron chi connectivity index (χ2n) is 5.64. The first-order valence-electron chi connectivity index (χ1n) is 7.89. The molecule has 1 fully saturated rings. The molecule has 1 aliphatic heterocycles. The minimum absolute atomic E-state index is 0.0867. The summed E-state index contributed by atoms with van der Waals surface area (Å²) in [7, 11) is 0. The van der Waals surface area contributed by atoms with E-state index in [0.717, 1.165) is 30.6 Å². The Labute approximate surface area is 131 Å². The van der Waals surface area contributed by atoms with Gasteiger partial charge in [0.1, 0.15) is 12.4 Å². The average molecular weight is 304 g/mol. The number of carbonyl (C=O) groups excluding carboxylic acids is 2. The lowest BCUT2D eigenvalue weighted by atomic mass is 10.2. The third-order valence-corrected chi connectivity index (χ3v) is 3.69. The molecule has 0 radical (unpaired) electrons. The van der Waals surface area contributed by atoms with Crippen molar-refractivity contribution in [1.29, 1.82) is 0 Å². The fourth-order valence-corrected chi connectivity index (χ4v) is 2.50. The van der Waals surface area contributed by atoms with Crippen LogP contribution in [-0.2, 0) is 9.59 Å². The maximum atomic E-state index is 11.9. The molecule has 2 rings (SSSR count). The molecule has 1 saturated heterocycles. The first kappa shape index (κ1) is 16.3. The molecule has 2 amide bonds. The van der Waals surface area contributed by atoms with E-state index in [0.29, 0.717) is 26.1 Å². The Morgan fingerprint density at radius 2 is 2.18 bits per heavy atom. The van der Waals surface area contributed by atoms with E-state index in [4.69, 9.17) is 4.74 Å². The van der Waals surface area contributed by atoms with Gasteiger partial charge in [-0.2, -0.15) is 0 Å². The molecule has 1 aromatic carbocycles. The summed E-state index contributed by atoms with van der Waals surface area (Å²) in [5.74, 6) is 0.767. The molecule has 0 unspecified atom stereocenters. The van der Waals surface area contributed by atoms with Crippen LogP contribution < -0.4 is 10.1 Å². The number of likely N-dealkylation sites (tertiary alicyclic amines) is 1. The van der Waals surface area contributed by atoms with E-state index in [1.807, 2.05) is 31.2 Å². The Hall–Kier alpha value is -2.04. The van der Waals surface area contributed by atoms with Crippen LogP contribution >= 0.6 is 0 Å². The van der Waals surface area contributed by atoms with Crippen molar-refractivity contribution < 1.29 is 14.3 Å². The van der Waals surface area contributed by atoms with Crippen molar-refractivity contribution in [3.63, 3.8) is 0 Å². The van der Waals surface area contributed by atoms with Gasteiger partial charge in [-0.05, 0) is 37.5 Å². The van der Waals surface area contributed by atoms with Gasteiger partial charge < -0.3 is 15.0 Å². The SMILES string of the molecule is Cc1cccc(OCCNC(=O)CN2CCCCCC2=O)c1. The Morgan fingerprint density at radius 1 is 1.32 bits per heavy atom. The molecule has 1 heterocycles. The van der Waals surface area contributed by atoms with Crippen molar-refractivity contribution in [3.8, 4) is 5.75 Å². The molecular weight excluding hydrogens is 280 g/mol. The van der Waals surface area contributed by atoms with Crippen LogP contribution in [-0.4, -0.2) is 43.0 Å². The van der Waals surface area contributed by atoms with Crippen LogP contribution in [0.1, 0.15) is 31.2 Å². The predicted octanol–water partition coefficient (Wildman–Crippen LogP) is 1.89. The van der Waals surface area contributed by atoms with Crippen LogP contribution in [0, 0.1) is 6.92 Å². The maximum absolute atomic E-state index is 11.9. The van der Waals surface area contributed by atoms with Gasteiger partial charge in [0.15, 0.2) is 0 Å². The van der Waals surface area contributed by atoms with Gasteiger partial charge in [0, 0.05) is 13.0 Å². The number of ether oxygens (including phenoxy) is 1. The minimum Gasteiger partial charge on any atom is -0.492 e. The molecule has 0 spiro atoms. The maximum Gasteiger partial charge on any atom is 0.239 e. The molecule has 1 aromatic rings. The van der Waals surface area contributed by atoms with Gasteiger partial charge in [-0.15, -0.1) is 0 Å². The summed E-state index contributed by atoms with van der Waals surface area (Å²) in [5, 5.41) is 2.80. The molecule has 1 aliphatic rings. The van der Waals surface area contributed by atoms with Crippen LogP contribution in [0.5, 0.6) is 5.75 Å². The standard InChI is InChI=1S/C17H24N2O3/c1-14-6-5-7-15(12-14)22-11-9-18-16(20)13-19-10-4-2-3-8-17(19)21/h5-7,12H,2-4,8-11,13H2,1H3,(H,18,20). The van der Waals surface area contributed by atoms with Crippen LogP contribution in [0.2, 0.25) is 0 Å². The highest BCUT2D eigenvalue weighted by Crippen LogP contribution is 2.12. The number of nitrogens with one attached hydrogen (secondary N) is 1. The zero-order valence-corrected chi connectivity index (χ0v) is 13.1. The zero-order valence-electron chi connectivity index (χ0n) is 13.1. The monoisotopic (exact) mass is 304 g/mol. The van der Waals surface area contributed by atoms with E-state index in [9.17, 15) is 9.59 Å². The van der Waals surface area contributed by atoms with Crippen LogP contribution in [0.15, 0.2) is 24.3 Å². The lowest BCUT2D eigenvalue weighted by molar-refractivity contribution is -0.135. The van der Waals surface area contributed by atoms with E-state index in [1.165, 1.54) is 0 Å². The number of nitrogens with zero attached hydrogens (tertiary/aromatic N) is 1. The fraction of sp³-hybridized carbons (Fsp3) is 0.529. The summed E-state index contributed by atoms with van der Waals surface area (Å²) < 4.78 is 5.57. The first-order chi connectivity index (χ1) is 10.6. The highest BCUT2D eigenvalue weighted by molar-refractivity contribution is 5.84. The highest BCUT2D eigenvalue weighted by atomic mass is 16.5. The number of amides is 2. The number of aryl methyl sites for hydroxylation is 1. The second-order valence-corrected chi connectivity index (χ2v) is 5.64. The van der Waals surface area contributed by atoms with E-state index in [1.54, 1.807) is 4.90 Å². The van der Waals surface area contributed by atoms with Crippen LogP contribution in [0.4, 0.5) is 0 Å². The lowest BCUT2D eigenvalue weighted by Gasteiger charge is -2.19. The van der Waals surface area contributed by atoms with Gasteiger partial charge in [0.25, 0.3) is 0 Å². The summed E-state index contributed by atoms with van der Waals surface area (Å²) in [6.07, 6.45) is 3.54. The topological polar surface area (TPSA) is 58.6 Å². The minimum atomic E-state index is -0.122. The van der Waals surface area contributed by atoms with Gasteiger partial charge in [-0.1, -0.05) is 18.6 Å². The third-order valence-electron chi connectivity index (χ3n) is 3.69. The molecule has 0 aliphatic carbocycles. The predicted molar refractivity (Wildman–Crippen MR) is 84.7 cm³/mol. The van der Waals surface area contributed by atoms with Crippen molar-refractivity contribution in [1.82, 2.24) is 10.2 Å². The Balaban J connectivity index is 1.66. The number of carbonyl (C=O) groups is 2. The molecule has 5 nitrogen and oxygen atoms in total. The van der Waals surface area contributed by atoms with Crippen molar-refractivity contribution in [3.05, 3.63) is 29.8 Å². The van der Waals surface area contributed by atoms with Crippen LogP contribution in [0.3, 0.4) is 0 Å². The van der Waals surface area contributed by atoms with Gasteiger partial charge in [-0.25, -0.2) is 0 Å². The summed E-state index contributed by atoms with van der Waals surface area (Å²) in [4.78, 5) is 25.3. The van der Waals surface area contributed by atoms with Gasteiger partial charge in [0.2, 0.25) is 11.8 Å².